The van der Waals surface area contributed by atoms with E-state index in [1.165, 1.54) is 0 Å². The van der Waals surface area contributed by atoms with Crippen LogP contribution in [0.15, 0.2) is 35.3 Å². The molecule has 1 fully saturated rings. The summed E-state index contributed by atoms with van der Waals surface area (Å²) in [7, 11) is 1.68. The summed E-state index contributed by atoms with van der Waals surface area (Å²) in [5.74, 6) is 1.49. The molecule has 1 aliphatic carbocycles. The molecular formula is C26H35N7O3. The van der Waals surface area contributed by atoms with Crippen molar-refractivity contribution >= 4 is 11.5 Å². The van der Waals surface area contributed by atoms with Crippen molar-refractivity contribution in [3.05, 3.63) is 48.2 Å². The molecule has 0 saturated heterocycles. The first-order valence-corrected chi connectivity index (χ1v) is 12.6. The number of methoxy groups -OCH3 is 1. The van der Waals surface area contributed by atoms with Gasteiger partial charge in [0, 0.05) is 42.1 Å². The predicted molar refractivity (Wildman–Crippen MR) is 136 cm³/mol. The molecule has 10 nitrogen and oxygen atoms in total. The number of oxazole rings is 1. The Morgan fingerprint density at radius 1 is 1.25 bits per heavy atom. The molecule has 192 valence electrons. The van der Waals surface area contributed by atoms with Gasteiger partial charge in [0.25, 0.3) is 0 Å². The number of ether oxygens (including phenoxy) is 1. The second kappa shape index (κ2) is 9.67. The fourth-order valence-corrected chi connectivity index (χ4v) is 4.99. The molecule has 0 aliphatic heterocycles. The molecular weight excluding hydrogens is 458 g/mol. The van der Waals surface area contributed by atoms with E-state index in [2.05, 4.69) is 26.4 Å². The summed E-state index contributed by atoms with van der Waals surface area (Å²) in [5, 5.41) is 22.9. The average Bonchev–Trinajstić information content (AvgIpc) is 3.58. The van der Waals surface area contributed by atoms with E-state index in [1.807, 2.05) is 55.5 Å². The van der Waals surface area contributed by atoms with Crippen molar-refractivity contribution in [2.45, 2.75) is 77.0 Å². The van der Waals surface area contributed by atoms with Crippen molar-refractivity contribution < 1.29 is 14.3 Å². The molecule has 0 amide bonds. The van der Waals surface area contributed by atoms with Crippen LogP contribution in [0.4, 0.5) is 5.95 Å². The van der Waals surface area contributed by atoms with Gasteiger partial charge in [-0.15, -0.1) is 5.10 Å². The molecule has 0 unspecified atom stereocenters. The highest BCUT2D eigenvalue weighted by Crippen LogP contribution is 2.38. The zero-order valence-corrected chi connectivity index (χ0v) is 21.6. The van der Waals surface area contributed by atoms with Crippen molar-refractivity contribution in [1.29, 1.82) is 0 Å². The largest absolute Gasteiger partial charge is 0.446 e. The summed E-state index contributed by atoms with van der Waals surface area (Å²) < 4.78 is 14.8. The number of nitrogens with one attached hydrogen (secondary N) is 1. The van der Waals surface area contributed by atoms with Gasteiger partial charge in [-0.3, -0.25) is 4.68 Å². The molecule has 2 N–H and O–H groups in total. The number of hydrogen-bond donors (Lipinski definition) is 2. The van der Waals surface area contributed by atoms with Crippen LogP contribution in [0.25, 0.3) is 16.6 Å². The monoisotopic (exact) mass is 493 g/mol. The standard InChI is InChI=1S/C26H35N7O3/c1-16(14-35-5)30-25-27-12-23-21(10-22(33(23)31-25)18-6-8-20(34)9-7-18)19-11-28-32(13-19)26(3,4)24-29-17(2)15-36-24/h10-13,15-16,18,20,34H,6-9,14H2,1-5H3,(H,30,31)/t16-,18-,20-/m0/s1. The van der Waals surface area contributed by atoms with Gasteiger partial charge in [-0.25, -0.2) is 14.5 Å². The van der Waals surface area contributed by atoms with Gasteiger partial charge in [0.1, 0.15) is 11.8 Å². The van der Waals surface area contributed by atoms with Gasteiger partial charge >= 0.3 is 0 Å². The highest BCUT2D eigenvalue weighted by atomic mass is 16.5. The number of fused-ring (bicyclic) bond motifs is 1. The molecule has 0 spiro atoms. The number of aliphatic hydroxyl groups excluding tert-OH is 1. The number of rotatable bonds is 8. The van der Waals surface area contributed by atoms with Crippen LogP contribution < -0.4 is 5.32 Å². The molecule has 4 aromatic heterocycles. The van der Waals surface area contributed by atoms with Gasteiger partial charge in [-0.1, -0.05) is 0 Å². The summed E-state index contributed by atoms with van der Waals surface area (Å²) in [5.41, 5.74) is 4.35. The number of anilines is 1. The summed E-state index contributed by atoms with van der Waals surface area (Å²) >= 11 is 0. The van der Waals surface area contributed by atoms with Crippen LogP contribution in [0.2, 0.25) is 0 Å². The zero-order valence-electron chi connectivity index (χ0n) is 21.6. The molecule has 0 bridgehead atoms. The lowest BCUT2D eigenvalue weighted by Crippen LogP contribution is -2.28. The molecule has 1 atom stereocenters. The average molecular weight is 494 g/mol. The molecule has 36 heavy (non-hydrogen) atoms. The maximum Gasteiger partial charge on any atom is 0.241 e. The molecule has 4 aromatic rings. The van der Waals surface area contributed by atoms with E-state index in [0.717, 1.165) is 53.7 Å². The van der Waals surface area contributed by atoms with Crippen molar-refractivity contribution in [1.82, 2.24) is 29.4 Å². The summed E-state index contributed by atoms with van der Waals surface area (Å²) in [6.07, 6.45) is 10.7. The van der Waals surface area contributed by atoms with E-state index in [4.69, 9.17) is 14.3 Å². The van der Waals surface area contributed by atoms with Gasteiger partial charge in [-0.05, 0) is 59.4 Å². The first-order valence-electron chi connectivity index (χ1n) is 12.6. The topological polar surface area (TPSA) is 116 Å². The van der Waals surface area contributed by atoms with Crippen molar-refractivity contribution in [2.75, 3.05) is 19.0 Å². The van der Waals surface area contributed by atoms with E-state index in [0.29, 0.717) is 24.4 Å². The summed E-state index contributed by atoms with van der Waals surface area (Å²) in [4.78, 5) is 9.12. The summed E-state index contributed by atoms with van der Waals surface area (Å²) in [6.45, 7) is 8.58. The second-order valence-corrected chi connectivity index (χ2v) is 10.4. The quantitative estimate of drug-likeness (QED) is 0.376. The number of aryl methyl sites for hydroxylation is 1. The van der Waals surface area contributed by atoms with Crippen molar-refractivity contribution in [2.24, 2.45) is 0 Å². The maximum absolute atomic E-state index is 10.1. The van der Waals surface area contributed by atoms with Crippen molar-refractivity contribution in [3.8, 4) is 11.1 Å². The lowest BCUT2D eigenvalue weighted by Gasteiger charge is -2.25. The molecule has 10 heteroatoms. The van der Waals surface area contributed by atoms with E-state index >= 15 is 0 Å². The van der Waals surface area contributed by atoms with Crippen LogP contribution in [-0.2, 0) is 10.3 Å². The van der Waals surface area contributed by atoms with Gasteiger partial charge in [0.2, 0.25) is 11.8 Å². The van der Waals surface area contributed by atoms with Crippen molar-refractivity contribution in [3.63, 3.8) is 0 Å². The Kier molecular flexibility index (Phi) is 6.57. The van der Waals surface area contributed by atoms with E-state index in [-0.39, 0.29) is 12.1 Å². The van der Waals surface area contributed by atoms with Crippen LogP contribution in [0.3, 0.4) is 0 Å². The Morgan fingerprint density at radius 2 is 2.03 bits per heavy atom. The Balaban J connectivity index is 1.54. The first-order chi connectivity index (χ1) is 17.3. The maximum atomic E-state index is 10.1. The lowest BCUT2D eigenvalue weighted by molar-refractivity contribution is 0.121. The molecule has 5 rings (SSSR count). The normalized spacial score (nSPS) is 19.6. The Hall–Kier alpha value is -3.24. The molecule has 1 saturated carbocycles. The minimum Gasteiger partial charge on any atom is -0.446 e. The van der Waals surface area contributed by atoms with Gasteiger partial charge < -0.3 is 19.6 Å². The summed E-state index contributed by atoms with van der Waals surface area (Å²) in [6, 6.07) is 2.29. The third-order valence-electron chi connectivity index (χ3n) is 7.06. The minimum atomic E-state index is -0.546. The van der Waals surface area contributed by atoms with Crippen LogP contribution in [0.1, 0.15) is 69.7 Å². The van der Waals surface area contributed by atoms with Crippen LogP contribution in [0.5, 0.6) is 0 Å². The third kappa shape index (κ3) is 4.62. The van der Waals surface area contributed by atoms with E-state index < -0.39 is 5.54 Å². The fourth-order valence-electron chi connectivity index (χ4n) is 4.99. The Morgan fingerprint density at radius 3 is 2.72 bits per heavy atom. The highest BCUT2D eigenvalue weighted by molar-refractivity contribution is 5.81. The smallest absolute Gasteiger partial charge is 0.241 e. The van der Waals surface area contributed by atoms with E-state index in [9.17, 15) is 5.11 Å². The fraction of sp³-hybridized carbons (Fsp3) is 0.538. The minimum absolute atomic E-state index is 0.0788. The number of aromatic nitrogens is 6. The number of nitrogens with zero attached hydrogens (tertiary/aromatic N) is 6. The molecule has 4 heterocycles. The van der Waals surface area contributed by atoms with E-state index in [1.54, 1.807) is 13.4 Å². The first kappa shape index (κ1) is 24.5. The van der Waals surface area contributed by atoms with Gasteiger partial charge in [-0.2, -0.15) is 5.10 Å². The molecule has 0 aromatic carbocycles. The SMILES string of the molecule is COC[C@H](C)Nc1ncc2c(-c3cnn(C(C)(C)c4nc(C)co4)c3)cc([C@H]3CC[C@H](O)CC3)n2n1. The highest BCUT2D eigenvalue weighted by Gasteiger charge is 2.30. The third-order valence-corrected chi connectivity index (χ3v) is 7.06. The van der Waals surface area contributed by atoms with Gasteiger partial charge in [0.05, 0.1) is 36.3 Å². The Labute approximate surface area is 210 Å². The van der Waals surface area contributed by atoms with Crippen LogP contribution in [0, 0.1) is 6.92 Å². The zero-order chi connectivity index (χ0) is 25.4. The number of aliphatic hydroxyl groups is 1. The second-order valence-electron chi connectivity index (χ2n) is 10.4. The van der Waals surface area contributed by atoms with Gasteiger partial charge in [0.15, 0.2) is 0 Å². The lowest BCUT2D eigenvalue weighted by atomic mass is 9.85. The van der Waals surface area contributed by atoms with Crippen LogP contribution >= 0.6 is 0 Å². The molecule has 1 aliphatic rings. The number of hydrogen-bond acceptors (Lipinski definition) is 8. The van der Waals surface area contributed by atoms with Crippen LogP contribution in [-0.4, -0.2) is 60.3 Å². The predicted octanol–water partition coefficient (Wildman–Crippen LogP) is 4.14. The Bertz CT molecular complexity index is 1330. The molecule has 0 radical (unpaired) electrons.